The number of nitrogens with one attached hydrogen (secondary N) is 1. The SMILES string of the molecule is CCc1cc(-c2cccc(N(C)C)c2)c(O)cc1OCCCCCC(C)(C)c1nn[nH]n1. The zero-order valence-corrected chi connectivity index (χ0v) is 19.9. The molecule has 1 heterocycles. The van der Waals surface area contributed by atoms with Crippen molar-refractivity contribution in [2.24, 2.45) is 0 Å². The maximum atomic E-state index is 10.7. The highest BCUT2D eigenvalue weighted by atomic mass is 16.5. The molecule has 7 nitrogen and oxygen atoms in total. The fourth-order valence-electron chi connectivity index (χ4n) is 3.80. The first-order chi connectivity index (χ1) is 15.3. The first-order valence-corrected chi connectivity index (χ1v) is 11.3. The molecule has 32 heavy (non-hydrogen) atoms. The quantitative estimate of drug-likeness (QED) is 0.405. The Hall–Kier alpha value is -3.09. The number of tetrazole rings is 1. The van der Waals surface area contributed by atoms with Crippen molar-refractivity contribution in [2.75, 3.05) is 25.6 Å². The van der Waals surface area contributed by atoms with Gasteiger partial charge >= 0.3 is 0 Å². The Balaban J connectivity index is 1.57. The van der Waals surface area contributed by atoms with Crippen molar-refractivity contribution in [2.45, 2.75) is 58.3 Å². The van der Waals surface area contributed by atoms with Crippen LogP contribution in [0, 0.1) is 0 Å². The molecule has 172 valence electrons. The van der Waals surface area contributed by atoms with E-state index in [1.165, 1.54) is 0 Å². The Bertz CT molecular complexity index is 1000. The van der Waals surface area contributed by atoms with Gasteiger partial charge in [-0.3, -0.25) is 0 Å². The number of hydrogen-bond donors (Lipinski definition) is 2. The molecule has 2 aromatic carbocycles. The topological polar surface area (TPSA) is 87.2 Å². The smallest absolute Gasteiger partial charge is 0.180 e. The van der Waals surface area contributed by atoms with Gasteiger partial charge in [0.2, 0.25) is 0 Å². The lowest BCUT2D eigenvalue weighted by atomic mass is 9.86. The fourth-order valence-corrected chi connectivity index (χ4v) is 3.80. The number of H-pyrrole nitrogens is 1. The molecule has 0 aliphatic rings. The number of aromatic nitrogens is 4. The van der Waals surface area contributed by atoms with E-state index in [-0.39, 0.29) is 11.2 Å². The lowest BCUT2D eigenvalue weighted by Crippen LogP contribution is -2.19. The van der Waals surface area contributed by atoms with Crippen LogP contribution in [-0.2, 0) is 11.8 Å². The number of anilines is 1. The fraction of sp³-hybridized carbons (Fsp3) is 0.480. The molecule has 0 radical (unpaired) electrons. The molecular weight excluding hydrogens is 402 g/mol. The molecule has 0 bridgehead atoms. The summed E-state index contributed by atoms with van der Waals surface area (Å²) in [5.74, 6) is 1.77. The number of benzene rings is 2. The number of hydrogen-bond acceptors (Lipinski definition) is 6. The van der Waals surface area contributed by atoms with Crippen molar-refractivity contribution < 1.29 is 9.84 Å². The number of rotatable bonds is 11. The average Bonchev–Trinajstić information content (AvgIpc) is 3.32. The Labute approximate surface area is 190 Å². The molecule has 0 saturated carbocycles. The Kier molecular flexibility index (Phi) is 7.72. The van der Waals surface area contributed by atoms with Crippen LogP contribution < -0.4 is 9.64 Å². The first kappa shape index (κ1) is 23.6. The molecule has 3 rings (SSSR count). The summed E-state index contributed by atoms with van der Waals surface area (Å²) in [5.41, 5.74) is 3.95. The van der Waals surface area contributed by atoms with Crippen molar-refractivity contribution in [1.29, 1.82) is 0 Å². The van der Waals surface area contributed by atoms with Gasteiger partial charge in [-0.2, -0.15) is 5.21 Å². The van der Waals surface area contributed by atoms with Crippen molar-refractivity contribution in [3.63, 3.8) is 0 Å². The number of nitrogens with zero attached hydrogens (tertiary/aromatic N) is 4. The van der Waals surface area contributed by atoms with Crippen LogP contribution in [0.4, 0.5) is 5.69 Å². The third-order valence-corrected chi connectivity index (χ3v) is 5.89. The van der Waals surface area contributed by atoms with Gasteiger partial charge in [0.1, 0.15) is 11.5 Å². The van der Waals surface area contributed by atoms with Gasteiger partial charge in [-0.15, -0.1) is 10.2 Å². The van der Waals surface area contributed by atoms with E-state index in [4.69, 9.17) is 4.74 Å². The summed E-state index contributed by atoms with van der Waals surface area (Å²) in [4.78, 5) is 2.06. The highest BCUT2D eigenvalue weighted by molar-refractivity contribution is 5.75. The molecular formula is C25H35N5O2. The zero-order valence-electron chi connectivity index (χ0n) is 19.9. The van der Waals surface area contributed by atoms with E-state index in [2.05, 4.69) is 58.4 Å². The second-order valence-electron chi connectivity index (χ2n) is 9.05. The third-order valence-electron chi connectivity index (χ3n) is 5.89. The second-order valence-corrected chi connectivity index (χ2v) is 9.05. The number of aryl methyl sites for hydroxylation is 1. The summed E-state index contributed by atoms with van der Waals surface area (Å²) >= 11 is 0. The lowest BCUT2D eigenvalue weighted by Gasteiger charge is -2.20. The standard InChI is InChI=1S/C25H35N5O2/c1-6-18-16-21(19-11-10-12-20(15-19)30(4)5)22(31)17-23(18)32-14-9-7-8-13-25(2,3)24-26-28-29-27-24/h10-12,15-17,31H,6-9,13-14H2,1-5H3,(H,26,27,28,29). The molecule has 1 aromatic heterocycles. The number of unbranched alkanes of at least 4 members (excludes halogenated alkanes) is 2. The lowest BCUT2D eigenvalue weighted by molar-refractivity contribution is 0.296. The minimum Gasteiger partial charge on any atom is -0.507 e. The molecule has 0 amide bonds. The average molecular weight is 438 g/mol. The van der Waals surface area contributed by atoms with Gasteiger partial charge in [0.05, 0.1) is 6.61 Å². The molecule has 0 unspecified atom stereocenters. The van der Waals surface area contributed by atoms with Crippen LogP contribution in [0.25, 0.3) is 11.1 Å². The summed E-state index contributed by atoms with van der Waals surface area (Å²) in [6.45, 7) is 7.02. The molecule has 0 saturated heterocycles. The van der Waals surface area contributed by atoms with E-state index >= 15 is 0 Å². The molecule has 0 spiro atoms. The maximum absolute atomic E-state index is 10.7. The van der Waals surface area contributed by atoms with Crippen LogP contribution in [0.3, 0.4) is 0 Å². The largest absolute Gasteiger partial charge is 0.507 e. The number of aromatic amines is 1. The summed E-state index contributed by atoms with van der Waals surface area (Å²) in [5, 5.41) is 25.1. The summed E-state index contributed by atoms with van der Waals surface area (Å²) in [6, 6.07) is 12.0. The molecule has 3 aromatic rings. The number of ether oxygens (including phenoxy) is 1. The van der Waals surface area contributed by atoms with E-state index in [0.29, 0.717) is 6.61 Å². The normalized spacial score (nSPS) is 11.5. The molecule has 0 aliphatic carbocycles. The van der Waals surface area contributed by atoms with E-state index in [1.54, 1.807) is 6.07 Å². The first-order valence-electron chi connectivity index (χ1n) is 11.3. The van der Waals surface area contributed by atoms with Crippen LogP contribution in [0.1, 0.15) is 57.8 Å². The Morgan fingerprint density at radius 1 is 1.09 bits per heavy atom. The summed E-state index contributed by atoms with van der Waals surface area (Å²) in [7, 11) is 4.03. The summed E-state index contributed by atoms with van der Waals surface area (Å²) in [6.07, 6.45) is 4.92. The maximum Gasteiger partial charge on any atom is 0.180 e. The molecule has 2 N–H and O–H groups in total. The number of phenols is 1. The molecule has 0 atom stereocenters. The van der Waals surface area contributed by atoms with Crippen LogP contribution >= 0.6 is 0 Å². The van der Waals surface area contributed by atoms with Crippen molar-refractivity contribution in [1.82, 2.24) is 20.6 Å². The predicted octanol–water partition coefficient (Wildman–Crippen LogP) is 5.12. The Morgan fingerprint density at radius 3 is 2.59 bits per heavy atom. The third kappa shape index (κ3) is 5.78. The van der Waals surface area contributed by atoms with Gasteiger partial charge in [-0.05, 0) is 48.6 Å². The predicted molar refractivity (Wildman–Crippen MR) is 128 cm³/mol. The van der Waals surface area contributed by atoms with Crippen molar-refractivity contribution in [3.05, 3.63) is 47.8 Å². The van der Waals surface area contributed by atoms with Crippen LogP contribution in [0.15, 0.2) is 36.4 Å². The molecule has 0 fully saturated rings. The van der Waals surface area contributed by atoms with E-state index in [1.807, 2.05) is 32.3 Å². The zero-order chi connectivity index (χ0) is 23.1. The van der Waals surface area contributed by atoms with Gasteiger partial charge in [0.15, 0.2) is 5.82 Å². The molecule has 0 aliphatic heterocycles. The highest BCUT2D eigenvalue weighted by Crippen LogP contribution is 2.37. The van der Waals surface area contributed by atoms with Gasteiger partial charge in [-0.1, -0.05) is 51.0 Å². The van der Waals surface area contributed by atoms with Crippen molar-refractivity contribution in [3.8, 4) is 22.6 Å². The van der Waals surface area contributed by atoms with E-state index in [9.17, 15) is 5.11 Å². The van der Waals surface area contributed by atoms with E-state index in [0.717, 1.165) is 66.1 Å². The van der Waals surface area contributed by atoms with Crippen LogP contribution in [-0.4, -0.2) is 46.4 Å². The van der Waals surface area contributed by atoms with Gasteiger partial charge in [-0.25, -0.2) is 0 Å². The minimum atomic E-state index is -0.0885. The minimum absolute atomic E-state index is 0.0885. The van der Waals surface area contributed by atoms with Crippen LogP contribution in [0.5, 0.6) is 11.5 Å². The van der Waals surface area contributed by atoms with Gasteiger partial charge < -0.3 is 14.7 Å². The van der Waals surface area contributed by atoms with E-state index < -0.39 is 0 Å². The number of aromatic hydroxyl groups is 1. The number of phenolic OH excluding ortho intramolecular Hbond substituents is 1. The summed E-state index contributed by atoms with van der Waals surface area (Å²) < 4.78 is 6.06. The monoisotopic (exact) mass is 437 g/mol. The van der Waals surface area contributed by atoms with Gasteiger partial charge in [0, 0.05) is 36.8 Å². The van der Waals surface area contributed by atoms with Gasteiger partial charge in [0.25, 0.3) is 0 Å². The molecule has 7 heteroatoms. The Morgan fingerprint density at radius 2 is 1.91 bits per heavy atom. The second kappa shape index (κ2) is 10.5. The van der Waals surface area contributed by atoms with Crippen LogP contribution in [0.2, 0.25) is 0 Å². The highest BCUT2D eigenvalue weighted by Gasteiger charge is 2.24. The van der Waals surface area contributed by atoms with Crippen molar-refractivity contribution >= 4 is 5.69 Å².